The van der Waals surface area contributed by atoms with E-state index < -0.39 is 5.69 Å². The number of aryl methyl sites for hydroxylation is 3. The van der Waals surface area contributed by atoms with E-state index in [2.05, 4.69) is 26.0 Å². The summed E-state index contributed by atoms with van der Waals surface area (Å²) in [5, 5.41) is 4.38. The molecule has 102 valence electrons. The van der Waals surface area contributed by atoms with Crippen LogP contribution in [0.2, 0.25) is 0 Å². The lowest BCUT2D eigenvalue weighted by Crippen LogP contribution is -2.31. The lowest BCUT2D eigenvalue weighted by atomic mass is 10.3. The van der Waals surface area contributed by atoms with Crippen molar-refractivity contribution >= 4 is 15.9 Å². The van der Waals surface area contributed by atoms with Gasteiger partial charge in [0, 0.05) is 18.3 Å². The highest BCUT2D eigenvalue weighted by molar-refractivity contribution is 9.10. The van der Waals surface area contributed by atoms with Crippen molar-refractivity contribution in [2.45, 2.75) is 33.9 Å². The molecule has 0 aromatic carbocycles. The third-order valence-corrected chi connectivity index (χ3v) is 3.99. The fraction of sp³-hybridized carbons (Fsp3) is 0.417. The van der Waals surface area contributed by atoms with Gasteiger partial charge in [0.05, 0.1) is 22.4 Å². The first-order valence-electron chi connectivity index (χ1n) is 5.96. The van der Waals surface area contributed by atoms with Gasteiger partial charge in [0.2, 0.25) is 0 Å². The molecular weight excluding hydrogens is 312 g/mol. The van der Waals surface area contributed by atoms with Gasteiger partial charge in [-0.15, -0.1) is 0 Å². The van der Waals surface area contributed by atoms with Gasteiger partial charge in [-0.3, -0.25) is 19.0 Å². The number of nitrogens with zero attached hydrogens (tertiary/aromatic N) is 3. The maximum Gasteiger partial charge on any atom is 0.328 e. The van der Waals surface area contributed by atoms with Gasteiger partial charge in [-0.2, -0.15) is 5.10 Å². The van der Waals surface area contributed by atoms with E-state index in [0.717, 1.165) is 22.4 Å². The Morgan fingerprint density at radius 2 is 2.05 bits per heavy atom. The summed E-state index contributed by atoms with van der Waals surface area (Å²) in [6.45, 7) is 6.65. The summed E-state index contributed by atoms with van der Waals surface area (Å²) < 4.78 is 4.21. The second-order valence-electron chi connectivity index (χ2n) is 4.36. The zero-order chi connectivity index (χ0) is 14.2. The molecule has 0 aliphatic rings. The molecule has 0 saturated carbocycles. The minimum Gasteiger partial charge on any atom is -0.294 e. The first kappa shape index (κ1) is 13.8. The van der Waals surface area contributed by atoms with E-state index >= 15 is 0 Å². The predicted octanol–water partition coefficient (Wildman–Crippen LogP) is 1.18. The molecule has 0 radical (unpaired) electrons. The van der Waals surface area contributed by atoms with Crippen molar-refractivity contribution in [1.29, 1.82) is 0 Å². The SMILES string of the molecule is CCn1nc(C)c(Br)c1Cn1cc(C)c(=O)[nH]c1=O. The number of nitrogens with one attached hydrogen (secondary N) is 1. The first-order chi connectivity index (χ1) is 8.93. The number of aromatic amines is 1. The summed E-state index contributed by atoms with van der Waals surface area (Å²) >= 11 is 3.49. The number of aromatic nitrogens is 4. The van der Waals surface area contributed by atoms with Crippen molar-refractivity contribution in [3.8, 4) is 0 Å². The maximum atomic E-state index is 11.8. The fourth-order valence-corrected chi connectivity index (χ4v) is 2.33. The fourth-order valence-electron chi connectivity index (χ4n) is 1.92. The predicted molar refractivity (Wildman–Crippen MR) is 75.5 cm³/mol. The molecule has 19 heavy (non-hydrogen) atoms. The van der Waals surface area contributed by atoms with Gasteiger partial charge < -0.3 is 0 Å². The van der Waals surface area contributed by atoms with E-state index in [9.17, 15) is 9.59 Å². The van der Waals surface area contributed by atoms with Crippen LogP contribution in [-0.4, -0.2) is 19.3 Å². The second kappa shape index (κ2) is 5.16. The zero-order valence-corrected chi connectivity index (χ0v) is 12.6. The zero-order valence-electron chi connectivity index (χ0n) is 11.0. The Morgan fingerprint density at radius 1 is 1.37 bits per heavy atom. The van der Waals surface area contributed by atoms with Gasteiger partial charge in [-0.25, -0.2) is 4.79 Å². The van der Waals surface area contributed by atoms with Gasteiger partial charge in [0.25, 0.3) is 5.56 Å². The van der Waals surface area contributed by atoms with Crippen LogP contribution in [0.15, 0.2) is 20.3 Å². The molecule has 0 fully saturated rings. The van der Waals surface area contributed by atoms with Crippen molar-refractivity contribution in [2.24, 2.45) is 0 Å². The quantitative estimate of drug-likeness (QED) is 0.920. The Bertz CT molecular complexity index is 726. The standard InChI is InChI=1S/C12H15BrN4O2/c1-4-17-9(10(13)8(3)15-17)6-16-5-7(2)11(18)14-12(16)19/h5H,4,6H2,1-3H3,(H,14,18,19). The van der Waals surface area contributed by atoms with Crippen LogP contribution in [0.3, 0.4) is 0 Å². The van der Waals surface area contributed by atoms with Crippen molar-refractivity contribution in [3.63, 3.8) is 0 Å². The van der Waals surface area contributed by atoms with Crippen LogP contribution in [0.25, 0.3) is 0 Å². The normalized spacial score (nSPS) is 10.9. The highest BCUT2D eigenvalue weighted by Crippen LogP contribution is 2.21. The van der Waals surface area contributed by atoms with Gasteiger partial charge in [-0.1, -0.05) is 0 Å². The average Bonchev–Trinajstić information content (AvgIpc) is 2.63. The van der Waals surface area contributed by atoms with Crippen molar-refractivity contribution in [1.82, 2.24) is 19.3 Å². The van der Waals surface area contributed by atoms with Crippen LogP contribution in [0.5, 0.6) is 0 Å². The molecule has 2 aromatic heterocycles. The Labute approximate surface area is 118 Å². The molecule has 0 aliphatic heterocycles. The molecule has 0 unspecified atom stereocenters. The molecule has 2 heterocycles. The minimum absolute atomic E-state index is 0.347. The highest BCUT2D eigenvalue weighted by Gasteiger charge is 2.13. The van der Waals surface area contributed by atoms with Gasteiger partial charge in [-0.05, 0) is 36.7 Å². The van der Waals surface area contributed by atoms with E-state index in [-0.39, 0.29) is 5.56 Å². The smallest absolute Gasteiger partial charge is 0.294 e. The monoisotopic (exact) mass is 326 g/mol. The van der Waals surface area contributed by atoms with Gasteiger partial charge >= 0.3 is 5.69 Å². The van der Waals surface area contributed by atoms with Crippen LogP contribution in [-0.2, 0) is 13.1 Å². The maximum absolute atomic E-state index is 11.8. The summed E-state index contributed by atoms with van der Waals surface area (Å²) in [7, 11) is 0. The summed E-state index contributed by atoms with van der Waals surface area (Å²) in [6.07, 6.45) is 1.57. The molecule has 0 amide bonds. The van der Waals surface area contributed by atoms with E-state index in [0.29, 0.717) is 12.1 Å². The molecule has 7 heteroatoms. The number of halogens is 1. The summed E-state index contributed by atoms with van der Waals surface area (Å²) in [4.78, 5) is 25.4. The molecule has 0 saturated heterocycles. The average molecular weight is 327 g/mol. The highest BCUT2D eigenvalue weighted by atomic mass is 79.9. The summed E-state index contributed by atoms with van der Waals surface area (Å²) in [5.74, 6) is 0. The molecule has 6 nitrogen and oxygen atoms in total. The van der Waals surface area contributed by atoms with E-state index in [1.807, 2.05) is 18.5 Å². The number of hydrogen-bond donors (Lipinski definition) is 1. The minimum atomic E-state index is -0.413. The summed E-state index contributed by atoms with van der Waals surface area (Å²) in [5.41, 5.74) is 1.54. The molecular formula is C12H15BrN4O2. The van der Waals surface area contributed by atoms with Crippen LogP contribution < -0.4 is 11.2 Å². The van der Waals surface area contributed by atoms with Crippen LogP contribution >= 0.6 is 15.9 Å². The first-order valence-corrected chi connectivity index (χ1v) is 6.75. The van der Waals surface area contributed by atoms with E-state index in [1.54, 1.807) is 13.1 Å². The second-order valence-corrected chi connectivity index (χ2v) is 5.15. The molecule has 1 N–H and O–H groups in total. The Hall–Kier alpha value is -1.63. The van der Waals surface area contributed by atoms with Crippen LogP contribution in [0, 0.1) is 13.8 Å². The molecule has 0 bridgehead atoms. The van der Waals surface area contributed by atoms with E-state index in [1.165, 1.54) is 4.57 Å². The van der Waals surface area contributed by atoms with E-state index in [4.69, 9.17) is 0 Å². The third kappa shape index (κ3) is 2.56. The molecule has 0 aliphatic carbocycles. The number of hydrogen-bond acceptors (Lipinski definition) is 3. The Balaban J connectivity index is 2.50. The van der Waals surface area contributed by atoms with Crippen molar-refractivity contribution < 1.29 is 0 Å². The largest absolute Gasteiger partial charge is 0.328 e. The molecule has 0 atom stereocenters. The number of rotatable bonds is 3. The summed E-state index contributed by atoms with van der Waals surface area (Å²) in [6, 6.07) is 0. The van der Waals surface area contributed by atoms with Gasteiger partial charge in [0.1, 0.15) is 0 Å². The molecule has 0 spiro atoms. The molecule has 2 aromatic rings. The lowest BCUT2D eigenvalue weighted by Gasteiger charge is -2.08. The van der Waals surface area contributed by atoms with Crippen LogP contribution in [0.1, 0.15) is 23.9 Å². The van der Waals surface area contributed by atoms with Gasteiger partial charge in [0.15, 0.2) is 0 Å². The Morgan fingerprint density at radius 3 is 2.68 bits per heavy atom. The van der Waals surface area contributed by atoms with Crippen molar-refractivity contribution in [3.05, 3.63) is 48.5 Å². The number of H-pyrrole nitrogens is 1. The lowest BCUT2D eigenvalue weighted by molar-refractivity contribution is 0.584. The molecule has 2 rings (SSSR count). The van der Waals surface area contributed by atoms with Crippen molar-refractivity contribution in [2.75, 3.05) is 0 Å². The topological polar surface area (TPSA) is 72.7 Å². The Kier molecular flexibility index (Phi) is 3.75. The van der Waals surface area contributed by atoms with Crippen LogP contribution in [0.4, 0.5) is 0 Å². The third-order valence-electron chi connectivity index (χ3n) is 2.96.